The highest BCUT2D eigenvalue weighted by molar-refractivity contribution is 6.31. The van der Waals surface area contributed by atoms with Gasteiger partial charge >= 0.3 is 0 Å². The van der Waals surface area contributed by atoms with Crippen molar-refractivity contribution in [2.75, 3.05) is 26.2 Å². The van der Waals surface area contributed by atoms with Gasteiger partial charge in [-0.05, 0) is 45.1 Å². The first-order valence-electron chi connectivity index (χ1n) is 9.28. The van der Waals surface area contributed by atoms with Crippen molar-refractivity contribution in [1.29, 1.82) is 0 Å². The van der Waals surface area contributed by atoms with E-state index in [1.165, 1.54) is 0 Å². The molecule has 158 valence electrons. The average Bonchev–Trinajstić information content (AvgIpc) is 2.65. The molecule has 7 heteroatoms. The van der Waals surface area contributed by atoms with Crippen LogP contribution >= 0.6 is 36.4 Å². The topological polar surface area (TPSA) is 42.5 Å². The van der Waals surface area contributed by atoms with E-state index in [1.54, 1.807) is 0 Å². The Labute approximate surface area is 186 Å². The van der Waals surface area contributed by atoms with Crippen LogP contribution in [0.3, 0.4) is 0 Å². The van der Waals surface area contributed by atoms with Crippen molar-refractivity contribution in [3.05, 3.63) is 58.6 Å². The van der Waals surface area contributed by atoms with E-state index in [-0.39, 0.29) is 24.8 Å². The SMILES string of the molecule is CCNCCCNCc1cccc(OCC)c1OCc1ccccc1Cl.Cl.Cl. The van der Waals surface area contributed by atoms with Crippen molar-refractivity contribution < 1.29 is 9.47 Å². The van der Waals surface area contributed by atoms with Crippen LogP contribution in [0.2, 0.25) is 5.02 Å². The Balaban J connectivity index is 0.00000364. The Morgan fingerprint density at radius 2 is 1.57 bits per heavy atom. The molecule has 2 N–H and O–H groups in total. The molecule has 4 nitrogen and oxygen atoms in total. The van der Waals surface area contributed by atoms with Gasteiger partial charge in [-0.15, -0.1) is 24.8 Å². The molecule has 0 aliphatic rings. The second kappa shape index (κ2) is 15.7. The number of benzene rings is 2. The Bertz CT molecular complexity index is 672. The van der Waals surface area contributed by atoms with Gasteiger partial charge < -0.3 is 20.1 Å². The number of rotatable bonds is 12. The molecule has 0 radical (unpaired) electrons. The minimum atomic E-state index is 0. The standard InChI is InChI=1S/C21H29ClN2O2.2ClH/c1-3-23-13-8-14-24-15-17-10-7-12-20(25-4-2)21(17)26-16-18-9-5-6-11-19(18)22;;/h5-7,9-12,23-24H,3-4,8,13-16H2,1-2H3;2*1H. The highest BCUT2D eigenvalue weighted by atomic mass is 35.5. The molecule has 0 saturated carbocycles. The maximum Gasteiger partial charge on any atom is 0.166 e. The van der Waals surface area contributed by atoms with E-state index in [2.05, 4.69) is 23.6 Å². The summed E-state index contributed by atoms with van der Waals surface area (Å²) in [5, 5.41) is 7.52. The summed E-state index contributed by atoms with van der Waals surface area (Å²) >= 11 is 6.25. The molecule has 0 saturated heterocycles. The quantitative estimate of drug-likeness (QED) is 0.434. The first kappa shape index (κ1) is 26.8. The Kier molecular flexibility index (Phi) is 15.1. The summed E-state index contributed by atoms with van der Waals surface area (Å²) in [5.74, 6) is 1.56. The van der Waals surface area contributed by atoms with Crippen LogP contribution in [0.25, 0.3) is 0 Å². The van der Waals surface area contributed by atoms with Gasteiger partial charge in [0.25, 0.3) is 0 Å². The minimum Gasteiger partial charge on any atom is -0.490 e. The van der Waals surface area contributed by atoms with Gasteiger partial charge in [-0.2, -0.15) is 0 Å². The van der Waals surface area contributed by atoms with Gasteiger partial charge in [0.05, 0.1) is 6.61 Å². The molecule has 0 aliphatic carbocycles. The second-order valence-corrected chi connectivity index (χ2v) is 6.35. The first-order valence-corrected chi connectivity index (χ1v) is 9.66. The summed E-state index contributed by atoms with van der Waals surface area (Å²) in [6, 6.07) is 13.8. The fourth-order valence-corrected chi connectivity index (χ4v) is 2.83. The molecule has 0 heterocycles. The lowest BCUT2D eigenvalue weighted by Crippen LogP contribution is -2.21. The predicted molar refractivity (Wildman–Crippen MR) is 123 cm³/mol. The van der Waals surface area contributed by atoms with Crippen LogP contribution in [-0.2, 0) is 13.2 Å². The van der Waals surface area contributed by atoms with Crippen molar-refractivity contribution in [1.82, 2.24) is 10.6 Å². The van der Waals surface area contributed by atoms with Crippen LogP contribution < -0.4 is 20.1 Å². The predicted octanol–water partition coefficient (Wildman–Crippen LogP) is 5.25. The maximum absolute atomic E-state index is 6.25. The number of para-hydroxylation sites is 1. The van der Waals surface area contributed by atoms with Gasteiger partial charge in [-0.25, -0.2) is 0 Å². The monoisotopic (exact) mass is 448 g/mol. The number of hydrogen-bond acceptors (Lipinski definition) is 4. The second-order valence-electron chi connectivity index (χ2n) is 5.94. The van der Waals surface area contributed by atoms with E-state index in [9.17, 15) is 0 Å². The van der Waals surface area contributed by atoms with Crippen LogP contribution in [0.15, 0.2) is 42.5 Å². The lowest BCUT2D eigenvalue weighted by molar-refractivity contribution is 0.266. The first-order chi connectivity index (χ1) is 12.8. The summed E-state index contributed by atoms with van der Waals surface area (Å²) in [5.41, 5.74) is 2.05. The van der Waals surface area contributed by atoms with Crippen LogP contribution in [0, 0.1) is 0 Å². The van der Waals surface area contributed by atoms with Crippen molar-refractivity contribution in [3.63, 3.8) is 0 Å². The maximum atomic E-state index is 6.25. The van der Waals surface area contributed by atoms with Crippen molar-refractivity contribution in [3.8, 4) is 11.5 Å². The summed E-state index contributed by atoms with van der Waals surface area (Å²) in [7, 11) is 0. The van der Waals surface area contributed by atoms with Crippen LogP contribution in [0.1, 0.15) is 31.4 Å². The van der Waals surface area contributed by atoms with Gasteiger partial charge in [0.2, 0.25) is 0 Å². The third kappa shape index (κ3) is 8.89. The number of ether oxygens (including phenoxy) is 2. The Morgan fingerprint density at radius 3 is 2.29 bits per heavy atom. The molecule has 0 aliphatic heterocycles. The zero-order valence-corrected chi connectivity index (χ0v) is 18.9. The lowest BCUT2D eigenvalue weighted by atomic mass is 10.1. The van der Waals surface area contributed by atoms with Crippen LogP contribution in [0.5, 0.6) is 11.5 Å². The molecular weight excluding hydrogens is 419 g/mol. The molecular formula is C21H31Cl3N2O2. The van der Waals surface area contributed by atoms with E-state index >= 15 is 0 Å². The molecule has 0 aromatic heterocycles. The molecule has 2 aromatic carbocycles. The molecule has 0 amide bonds. The van der Waals surface area contributed by atoms with Gasteiger partial charge in [-0.3, -0.25) is 0 Å². The molecule has 2 aromatic rings. The molecule has 0 bridgehead atoms. The zero-order valence-electron chi connectivity index (χ0n) is 16.5. The summed E-state index contributed by atoms with van der Waals surface area (Å²) in [6.45, 7) is 8.84. The third-order valence-electron chi connectivity index (χ3n) is 3.96. The number of hydrogen-bond donors (Lipinski definition) is 2. The summed E-state index contributed by atoms with van der Waals surface area (Å²) in [6.07, 6.45) is 1.09. The van der Waals surface area contributed by atoms with Crippen LogP contribution in [0.4, 0.5) is 0 Å². The molecule has 2 rings (SSSR count). The third-order valence-corrected chi connectivity index (χ3v) is 4.33. The fraction of sp³-hybridized carbons (Fsp3) is 0.429. The number of nitrogens with one attached hydrogen (secondary N) is 2. The van der Waals surface area contributed by atoms with Crippen LogP contribution in [-0.4, -0.2) is 26.2 Å². The Hall–Kier alpha value is -1.17. The van der Waals surface area contributed by atoms with Crippen molar-refractivity contribution in [2.45, 2.75) is 33.4 Å². The van der Waals surface area contributed by atoms with E-state index in [4.69, 9.17) is 21.1 Å². The van der Waals surface area contributed by atoms with Gasteiger partial charge in [0, 0.05) is 22.7 Å². The van der Waals surface area contributed by atoms with Crippen molar-refractivity contribution in [2.24, 2.45) is 0 Å². The largest absolute Gasteiger partial charge is 0.490 e. The van der Waals surface area contributed by atoms with E-state index in [1.807, 2.05) is 43.3 Å². The fourth-order valence-electron chi connectivity index (χ4n) is 2.64. The van der Waals surface area contributed by atoms with Crippen molar-refractivity contribution >= 4 is 36.4 Å². The highest BCUT2D eigenvalue weighted by Crippen LogP contribution is 2.32. The van der Waals surface area contributed by atoms with E-state index < -0.39 is 0 Å². The smallest absolute Gasteiger partial charge is 0.166 e. The van der Waals surface area contributed by atoms with E-state index in [0.29, 0.717) is 18.2 Å². The Morgan fingerprint density at radius 1 is 0.857 bits per heavy atom. The minimum absolute atomic E-state index is 0. The van der Waals surface area contributed by atoms with Gasteiger partial charge in [0.15, 0.2) is 11.5 Å². The summed E-state index contributed by atoms with van der Waals surface area (Å²) in [4.78, 5) is 0. The van der Waals surface area contributed by atoms with Gasteiger partial charge in [-0.1, -0.05) is 48.9 Å². The molecule has 0 spiro atoms. The molecule has 0 unspecified atom stereocenters. The zero-order chi connectivity index (χ0) is 18.6. The molecule has 0 atom stereocenters. The molecule has 28 heavy (non-hydrogen) atoms. The van der Waals surface area contributed by atoms with Gasteiger partial charge in [0.1, 0.15) is 6.61 Å². The van der Waals surface area contributed by atoms with E-state index in [0.717, 1.165) is 55.2 Å². The number of halogens is 3. The average molecular weight is 450 g/mol. The highest BCUT2D eigenvalue weighted by Gasteiger charge is 2.12. The summed E-state index contributed by atoms with van der Waals surface area (Å²) < 4.78 is 11.9. The lowest BCUT2D eigenvalue weighted by Gasteiger charge is -2.17. The normalized spacial score (nSPS) is 9.96. The molecule has 0 fully saturated rings.